The van der Waals surface area contributed by atoms with Crippen molar-refractivity contribution in [3.8, 4) is 17.2 Å². The molecule has 0 saturated carbocycles. The van der Waals surface area contributed by atoms with Gasteiger partial charge in [0.1, 0.15) is 0 Å². The van der Waals surface area contributed by atoms with Gasteiger partial charge in [-0.25, -0.2) is 0 Å². The number of rotatable bonds is 0. The molecule has 3 nitrogen and oxygen atoms in total. The maximum atomic E-state index is 8.71. The lowest BCUT2D eigenvalue weighted by molar-refractivity contribution is 0.368. The molecule has 1 aromatic carbocycles. The summed E-state index contributed by atoms with van der Waals surface area (Å²) in [6.07, 6.45) is 2.08. The molecule has 3 heteroatoms. The van der Waals surface area contributed by atoms with Gasteiger partial charge < -0.3 is 15.3 Å². The van der Waals surface area contributed by atoms with Crippen LogP contribution in [0.15, 0.2) is 29.8 Å². The first-order valence-corrected chi connectivity index (χ1v) is 4.28. The molecule has 0 heterocycles. The fourth-order valence-electron chi connectivity index (χ4n) is 0.519. The van der Waals surface area contributed by atoms with Gasteiger partial charge in [0.2, 0.25) is 0 Å². The predicted octanol–water partition coefficient (Wildman–Crippen LogP) is 2.78. The molecule has 0 spiro atoms. The summed E-state index contributed by atoms with van der Waals surface area (Å²) in [4.78, 5) is 0. The molecule has 0 bridgehead atoms. The lowest BCUT2D eigenvalue weighted by Crippen LogP contribution is -1.67. The maximum Gasteiger partial charge on any atom is 0.200 e. The van der Waals surface area contributed by atoms with Gasteiger partial charge in [-0.3, -0.25) is 0 Å². The van der Waals surface area contributed by atoms with Crippen molar-refractivity contribution in [3.63, 3.8) is 0 Å². The van der Waals surface area contributed by atoms with E-state index in [4.69, 9.17) is 15.3 Å². The monoisotopic (exact) mass is 196 g/mol. The quantitative estimate of drug-likeness (QED) is 0.441. The molecule has 3 N–H and O–H groups in total. The highest BCUT2D eigenvalue weighted by atomic mass is 16.3. The normalized spacial score (nSPS) is 8.50. The van der Waals surface area contributed by atoms with Crippen LogP contribution in [0.3, 0.4) is 0 Å². The van der Waals surface area contributed by atoms with Gasteiger partial charge in [-0.2, -0.15) is 0 Å². The lowest BCUT2D eigenvalue weighted by atomic mass is 10.3. The summed E-state index contributed by atoms with van der Waals surface area (Å²) in [5, 5.41) is 26.1. The molecule has 14 heavy (non-hydrogen) atoms. The molecular formula is C11H16O3. The van der Waals surface area contributed by atoms with Crippen LogP contribution in [0.25, 0.3) is 0 Å². The molecule has 0 amide bonds. The minimum Gasteiger partial charge on any atom is -0.504 e. The van der Waals surface area contributed by atoms with E-state index in [2.05, 4.69) is 19.9 Å². The molecule has 1 aromatic rings. The summed E-state index contributed by atoms with van der Waals surface area (Å²) in [7, 11) is 0. The van der Waals surface area contributed by atoms with Crippen molar-refractivity contribution in [2.24, 2.45) is 0 Å². The number of allylic oxidation sites excluding steroid dienone is 2. The van der Waals surface area contributed by atoms with E-state index in [0.717, 1.165) is 0 Å². The third kappa shape index (κ3) is 4.40. The Morgan fingerprint density at radius 2 is 1.43 bits per heavy atom. The molecule has 0 unspecified atom stereocenters. The van der Waals surface area contributed by atoms with Crippen LogP contribution in [0.2, 0.25) is 0 Å². The smallest absolute Gasteiger partial charge is 0.200 e. The largest absolute Gasteiger partial charge is 0.504 e. The highest BCUT2D eigenvalue weighted by Crippen LogP contribution is 2.32. The SMILES string of the molecule is CC=C(C)C.Oc1cccc(O)c1O. The zero-order valence-electron chi connectivity index (χ0n) is 8.65. The minimum atomic E-state index is -0.475. The third-order valence-electron chi connectivity index (χ3n) is 1.57. The predicted molar refractivity (Wildman–Crippen MR) is 56.5 cm³/mol. The fourth-order valence-corrected chi connectivity index (χ4v) is 0.519. The molecule has 0 aromatic heterocycles. The average Bonchev–Trinajstić information content (AvgIpc) is 2.15. The van der Waals surface area contributed by atoms with Crippen molar-refractivity contribution >= 4 is 0 Å². The van der Waals surface area contributed by atoms with Gasteiger partial charge in [0.15, 0.2) is 17.2 Å². The van der Waals surface area contributed by atoms with Gasteiger partial charge >= 0.3 is 0 Å². The van der Waals surface area contributed by atoms with E-state index in [1.165, 1.54) is 23.8 Å². The van der Waals surface area contributed by atoms with E-state index < -0.39 is 5.75 Å². The standard InChI is InChI=1S/C6H6O3.C5H10/c7-4-2-1-3-5(8)6(4)9;1-4-5(2)3/h1-3,7-9H;4H,1-3H3. The molecule has 0 aliphatic rings. The van der Waals surface area contributed by atoms with Gasteiger partial charge in [0.25, 0.3) is 0 Å². The van der Waals surface area contributed by atoms with Crippen molar-refractivity contribution in [2.45, 2.75) is 20.8 Å². The number of hydrogen-bond donors (Lipinski definition) is 3. The van der Waals surface area contributed by atoms with Crippen LogP contribution in [0.1, 0.15) is 20.8 Å². The Balaban J connectivity index is 0.000000292. The highest BCUT2D eigenvalue weighted by molar-refractivity contribution is 5.47. The highest BCUT2D eigenvalue weighted by Gasteiger charge is 2.00. The molecule has 0 saturated heterocycles. The zero-order valence-corrected chi connectivity index (χ0v) is 8.65. The van der Waals surface area contributed by atoms with E-state index in [-0.39, 0.29) is 11.5 Å². The number of benzene rings is 1. The van der Waals surface area contributed by atoms with Crippen molar-refractivity contribution in [2.75, 3.05) is 0 Å². The molecule has 0 aliphatic heterocycles. The van der Waals surface area contributed by atoms with Crippen LogP contribution in [0.5, 0.6) is 17.2 Å². The lowest BCUT2D eigenvalue weighted by Gasteiger charge is -1.96. The van der Waals surface area contributed by atoms with Crippen LogP contribution in [-0.4, -0.2) is 15.3 Å². The second-order valence-corrected chi connectivity index (χ2v) is 3.01. The first kappa shape index (κ1) is 12.4. The molecular weight excluding hydrogens is 180 g/mol. The molecule has 0 atom stereocenters. The Morgan fingerprint density at radius 3 is 1.64 bits per heavy atom. The van der Waals surface area contributed by atoms with Crippen LogP contribution in [0.4, 0.5) is 0 Å². The minimum absolute atomic E-state index is 0.310. The van der Waals surface area contributed by atoms with Crippen LogP contribution >= 0.6 is 0 Å². The van der Waals surface area contributed by atoms with Crippen LogP contribution in [-0.2, 0) is 0 Å². The van der Waals surface area contributed by atoms with Gasteiger partial charge in [0, 0.05) is 0 Å². The Bertz CT molecular complexity index is 292. The van der Waals surface area contributed by atoms with E-state index in [1.54, 1.807) is 0 Å². The number of aromatic hydroxyl groups is 3. The number of para-hydroxylation sites is 1. The van der Waals surface area contributed by atoms with Crippen molar-refractivity contribution in [1.82, 2.24) is 0 Å². The molecule has 0 fully saturated rings. The Labute approximate surface area is 84.0 Å². The van der Waals surface area contributed by atoms with Crippen molar-refractivity contribution in [3.05, 3.63) is 29.8 Å². The summed E-state index contributed by atoms with van der Waals surface area (Å²) < 4.78 is 0. The summed E-state index contributed by atoms with van der Waals surface area (Å²) in [5.74, 6) is -1.09. The average molecular weight is 196 g/mol. The van der Waals surface area contributed by atoms with E-state index in [1.807, 2.05) is 6.92 Å². The van der Waals surface area contributed by atoms with Crippen molar-refractivity contribution < 1.29 is 15.3 Å². The van der Waals surface area contributed by atoms with Crippen LogP contribution in [0, 0.1) is 0 Å². The Morgan fingerprint density at radius 1 is 1.07 bits per heavy atom. The summed E-state index contributed by atoms with van der Waals surface area (Å²) in [6.45, 7) is 6.20. The topological polar surface area (TPSA) is 60.7 Å². The first-order valence-electron chi connectivity index (χ1n) is 4.28. The number of hydrogen-bond acceptors (Lipinski definition) is 3. The number of phenolic OH excluding ortho intramolecular Hbond substituents is 3. The zero-order chi connectivity index (χ0) is 11.1. The van der Waals surface area contributed by atoms with E-state index in [9.17, 15) is 0 Å². The fraction of sp³-hybridized carbons (Fsp3) is 0.273. The molecule has 0 radical (unpaired) electrons. The third-order valence-corrected chi connectivity index (χ3v) is 1.57. The molecule has 0 aliphatic carbocycles. The van der Waals surface area contributed by atoms with Crippen LogP contribution < -0.4 is 0 Å². The Kier molecular flexibility index (Phi) is 5.22. The molecule has 78 valence electrons. The van der Waals surface area contributed by atoms with Crippen molar-refractivity contribution in [1.29, 1.82) is 0 Å². The summed E-state index contributed by atoms with van der Waals surface area (Å²) in [6, 6.07) is 4.01. The molecule has 1 rings (SSSR count). The maximum absolute atomic E-state index is 8.71. The van der Waals surface area contributed by atoms with E-state index in [0.29, 0.717) is 0 Å². The first-order chi connectivity index (χ1) is 6.49. The van der Waals surface area contributed by atoms with E-state index >= 15 is 0 Å². The second kappa shape index (κ2) is 5.91. The number of phenols is 3. The summed E-state index contributed by atoms with van der Waals surface area (Å²) in [5.41, 5.74) is 1.38. The van der Waals surface area contributed by atoms with Gasteiger partial charge in [0.05, 0.1) is 0 Å². The van der Waals surface area contributed by atoms with Gasteiger partial charge in [-0.15, -0.1) is 0 Å². The van der Waals surface area contributed by atoms with Gasteiger partial charge in [-0.1, -0.05) is 17.7 Å². The Hall–Kier alpha value is -1.64. The second-order valence-electron chi connectivity index (χ2n) is 3.01. The summed E-state index contributed by atoms with van der Waals surface area (Å²) >= 11 is 0. The van der Waals surface area contributed by atoms with Gasteiger partial charge in [-0.05, 0) is 32.9 Å².